The molecular formula is C12H8ClFN2O2S. The van der Waals surface area contributed by atoms with Crippen molar-refractivity contribution in [1.29, 1.82) is 0 Å². The van der Waals surface area contributed by atoms with Crippen molar-refractivity contribution in [1.82, 2.24) is 0 Å². The van der Waals surface area contributed by atoms with E-state index in [0.29, 0.717) is 5.69 Å². The molecule has 0 saturated carbocycles. The summed E-state index contributed by atoms with van der Waals surface area (Å²) in [5.41, 5.74) is 6.01. The topological polar surface area (TPSA) is 68.3 Å². The minimum atomic E-state index is -0.531. The summed E-state index contributed by atoms with van der Waals surface area (Å²) in [6.07, 6.45) is 0. The van der Waals surface area contributed by atoms with E-state index in [1.165, 1.54) is 24.3 Å². The smallest absolute Gasteiger partial charge is 0.291 e. The summed E-state index contributed by atoms with van der Waals surface area (Å²) in [5.74, 6) is -0.999. The van der Waals surface area contributed by atoms with Gasteiger partial charge in [0, 0.05) is 5.56 Å². The molecule has 0 fully saturated rings. The van der Waals surface area contributed by atoms with Crippen LogP contribution in [0.4, 0.5) is 10.1 Å². The third-order valence-corrected chi connectivity index (χ3v) is 2.72. The highest BCUT2D eigenvalue weighted by Crippen LogP contribution is 2.19. The molecule has 7 heteroatoms. The summed E-state index contributed by atoms with van der Waals surface area (Å²) in [7, 11) is 0. The first-order valence-corrected chi connectivity index (χ1v) is 5.92. The van der Waals surface area contributed by atoms with Gasteiger partial charge in [-0.05, 0) is 41.9 Å². The van der Waals surface area contributed by atoms with Crippen LogP contribution in [0.1, 0.15) is 16.1 Å². The Balaban J connectivity index is 2.28. The molecule has 0 radical (unpaired) electrons. The predicted molar refractivity (Wildman–Crippen MR) is 74.0 cm³/mol. The van der Waals surface area contributed by atoms with Gasteiger partial charge in [0.1, 0.15) is 10.8 Å². The maximum absolute atomic E-state index is 13.1. The third kappa shape index (κ3) is 3.10. The van der Waals surface area contributed by atoms with Crippen LogP contribution >= 0.6 is 23.8 Å². The molecule has 1 amide bonds. The van der Waals surface area contributed by atoms with Gasteiger partial charge in [0.05, 0.1) is 5.69 Å². The van der Waals surface area contributed by atoms with Gasteiger partial charge in [-0.1, -0.05) is 12.2 Å². The number of anilines is 1. The van der Waals surface area contributed by atoms with E-state index in [1.54, 1.807) is 0 Å². The zero-order valence-electron chi connectivity index (χ0n) is 9.44. The van der Waals surface area contributed by atoms with Gasteiger partial charge in [-0.15, -0.1) is 0 Å². The second-order valence-electron chi connectivity index (χ2n) is 3.61. The SMILES string of the molecule is NC(=S)c1cc(F)ccc1NC(=O)c1ccc(Cl)o1. The number of thiocarbonyl (C=S) groups is 1. The Labute approximate surface area is 118 Å². The van der Waals surface area contributed by atoms with Crippen molar-refractivity contribution in [3.63, 3.8) is 0 Å². The molecule has 2 aromatic rings. The molecule has 0 bridgehead atoms. The molecule has 19 heavy (non-hydrogen) atoms. The number of rotatable bonds is 3. The Hall–Kier alpha value is -1.92. The van der Waals surface area contributed by atoms with Crippen molar-refractivity contribution in [3.8, 4) is 0 Å². The lowest BCUT2D eigenvalue weighted by Crippen LogP contribution is -2.17. The number of benzene rings is 1. The summed E-state index contributed by atoms with van der Waals surface area (Å²) in [4.78, 5) is 11.8. The van der Waals surface area contributed by atoms with Crippen molar-refractivity contribution >= 4 is 40.4 Å². The van der Waals surface area contributed by atoms with Crippen molar-refractivity contribution in [2.75, 3.05) is 5.32 Å². The highest BCUT2D eigenvalue weighted by atomic mass is 35.5. The quantitative estimate of drug-likeness (QED) is 0.855. The molecular weight excluding hydrogens is 291 g/mol. The van der Waals surface area contributed by atoms with E-state index >= 15 is 0 Å². The third-order valence-electron chi connectivity index (χ3n) is 2.29. The molecule has 0 aliphatic carbocycles. The van der Waals surface area contributed by atoms with E-state index < -0.39 is 11.7 Å². The standard InChI is InChI=1S/C12H8ClFN2O2S/c13-10-4-3-9(18-10)12(17)16-8-2-1-6(14)5-7(8)11(15)19/h1-5H,(H2,15,19)(H,16,17). The zero-order valence-corrected chi connectivity index (χ0v) is 11.0. The fourth-order valence-electron chi connectivity index (χ4n) is 1.45. The first-order valence-electron chi connectivity index (χ1n) is 5.13. The van der Waals surface area contributed by atoms with Crippen LogP contribution in [0.2, 0.25) is 5.22 Å². The van der Waals surface area contributed by atoms with Gasteiger partial charge < -0.3 is 15.5 Å². The van der Waals surface area contributed by atoms with Crippen LogP contribution in [0.3, 0.4) is 0 Å². The van der Waals surface area contributed by atoms with Crippen LogP contribution in [-0.2, 0) is 0 Å². The van der Waals surface area contributed by atoms with Gasteiger partial charge in [0.2, 0.25) is 0 Å². The Kier molecular flexibility index (Phi) is 3.82. The van der Waals surface area contributed by atoms with E-state index in [0.717, 1.165) is 6.07 Å². The molecule has 0 aliphatic heterocycles. The number of hydrogen-bond donors (Lipinski definition) is 2. The van der Waals surface area contributed by atoms with Crippen molar-refractivity contribution in [2.45, 2.75) is 0 Å². The van der Waals surface area contributed by atoms with Crippen LogP contribution in [0.15, 0.2) is 34.7 Å². The second kappa shape index (κ2) is 5.38. The lowest BCUT2D eigenvalue weighted by Gasteiger charge is -2.09. The van der Waals surface area contributed by atoms with Gasteiger partial charge in [0.25, 0.3) is 5.91 Å². The summed E-state index contributed by atoms with van der Waals surface area (Å²) < 4.78 is 18.1. The molecule has 2 rings (SSSR count). The molecule has 3 N–H and O–H groups in total. The predicted octanol–water partition coefficient (Wildman–Crippen LogP) is 2.96. The number of furan rings is 1. The maximum Gasteiger partial charge on any atom is 0.291 e. The number of amides is 1. The maximum atomic E-state index is 13.1. The Morgan fingerprint density at radius 2 is 2.11 bits per heavy atom. The van der Waals surface area contributed by atoms with Crippen LogP contribution in [0, 0.1) is 5.82 Å². The molecule has 0 saturated heterocycles. The van der Waals surface area contributed by atoms with Crippen LogP contribution in [0.5, 0.6) is 0 Å². The second-order valence-corrected chi connectivity index (χ2v) is 4.42. The Morgan fingerprint density at radius 1 is 1.37 bits per heavy atom. The van der Waals surface area contributed by atoms with Crippen LogP contribution in [0.25, 0.3) is 0 Å². The van der Waals surface area contributed by atoms with Gasteiger partial charge in [-0.25, -0.2) is 4.39 Å². The summed E-state index contributed by atoms with van der Waals surface area (Å²) in [5, 5.41) is 2.62. The Bertz CT molecular complexity index is 657. The summed E-state index contributed by atoms with van der Waals surface area (Å²) >= 11 is 10.4. The summed E-state index contributed by atoms with van der Waals surface area (Å²) in [6, 6.07) is 6.56. The largest absolute Gasteiger partial charge is 0.440 e. The van der Waals surface area contributed by atoms with E-state index in [-0.39, 0.29) is 21.5 Å². The van der Waals surface area contributed by atoms with E-state index in [2.05, 4.69) is 5.32 Å². The molecule has 0 spiro atoms. The minimum Gasteiger partial charge on any atom is -0.440 e. The van der Waals surface area contributed by atoms with E-state index in [4.69, 9.17) is 34.0 Å². The monoisotopic (exact) mass is 298 g/mol. The number of nitrogens with two attached hydrogens (primary N) is 1. The van der Waals surface area contributed by atoms with Gasteiger partial charge in [-0.2, -0.15) is 0 Å². The van der Waals surface area contributed by atoms with Crippen molar-refractivity contribution in [2.24, 2.45) is 5.73 Å². The Morgan fingerprint density at radius 3 is 2.68 bits per heavy atom. The molecule has 0 atom stereocenters. The number of carbonyl (C=O) groups excluding carboxylic acids is 1. The number of carbonyl (C=O) groups is 1. The van der Waals surface area contributed by atoms with Crippen molar-refractivity contribution in [3.05, 3.63) is 52.7 Å². The number of nitrogens with one attached hydrogen (secondary N) is 1. The highest BCUT2D eigenvalue weighted by Gasteiger charge is 2.14. The molecule has 1 heterocycles. The molecule has 1 aromatic heterocycles. The van der Waals surface area contributed by atoms with E-state index in [1.807, 2.05) is 0 Å². The molecule has 0 unspecified atom stereocenters. The number of hydrogen-bond acceptors (Lipinski definition) is 3. The average Bonchev–Trinajstić information content (AvgIpc) is 2.78. The van der Waals surface area contributed by atoms with E-state index in [9.17, 15) is 9.18 Å². The highest BCUT2D eigenvalue weighted by molar-refractivity contribution is 7.80. The van der Waals surface area contributed by atoms with Crippen LogP contribution < -0.4 is 11.1 Å². The molecule has 1 aromatic carbocycles. The molecule has 0 aliphatic rings. The van der Waals surface area contributed by atoms with Crippen molar-refractivity contribution < 1.29 is 13.6 Å². The van der Waals surface area contributed by atoms with Gasteiger partial charge in [0.15, 0.2) is 11.0 Å². The molecule has 4 nitrogen and oxygen atoms in total. The normalized spacial score (nSPS) is 10.2. The number of halogens is 2. The van der Waals surface area contributed by atoms with Crippen LogP contribution in [-0.4, -0.2) is 10.9 Å². The lowest BCUT2D eigenvalue weighted by atomic mass is 10.1. The summed E-state index contributed by atoms with van der Waals surface area (Å²) in [6.45, 7) is 0. The van der Waals surface area contributed by atoms with Gasteiger partial charge in [-0.3, -0.25) is 4.79 Å². The fraction of sp³-hybridized carbons (Fsp3) is 0. The first-order chi connectivity index (χ1) is 8.97. The fourth-order valence-corrected chi connectivity index (χ4v) is 1.76. The molecule has 98 valence electrons. The zero-order chi connectivity index (χ0) is 14.0. The first kappa shape index (κ1) is 13.5. The minimum absolute atomic E-state index is 0.0210. The lowest BCUT2D eigenvalue weighted by molar-refractivity contribution is 0.0996. The average molecular weight is 299 g/mol. The van der Waals surface area contributed by atoms with Gasteiger partial charge >= 0.3 is 0 Å².